The Bertz CT molecular complexity index is 648. The van der Waals surface area contributed by atoms with Gasteiger partial charge in [-0.25, -0.2) is 0 Å². The summed E-state index contributed by atoms with van der Waals surface area (Å²) in [5.74, 6) is 0.980. The second-order valence-electron chi connectivity index (χ2n) is 7.18. The van der Waals surface area contributed by atoms with Crippen molar-refractivity contribution in [3.63, 3.8) is 0 Å². The SMILES string of the molecule is COc1ccccc1[C@@H]1S[C@H](C)C(=O)N1CCN(C(=O)C(C)C)C(C)C. The Labute approximate surface area is 161 Å². The van der Waals surface area contributed by atoms with E-state index in [1.54, 1.807) is 18.9 Å². The molecule has 1 aliphatic heterocycles. The highest BCUT2D eigenvalue weighted by Crippen LogP contribution is 2.45. The smallest absolute Gasteiger partial charge is 0.236 e. The molecule has 1 aromatic rings. The van der Waals surface area contributed by atoms with Gasteiger partial charge in [-0.15, -0.1) is 11.8 Å². The number of hydrogen-bond donors (Lipinski definition) is 0. The van der Waals surface area contributed by atoms with Crippen LogP contribution in [0.25, 0.3) is 0 Å². The molecule has 1 fully saturated rings. The summed E-state index contributed by atoms with van der Waals surface area (Å²) >= 11 is 1.63. The van der Waals surface area contributed by atoms with Gasteiger partial charge < -0.3 is 14.5 Å². The first-order valence-corrected chi connectivity index (χ1v) is 10.1. The van der Waals surface area contributed by atoms with Gasteiger partial charge in [-0.3, -0.25) is 9.59 Å². The Kier molecular flexibility index (Phi) is 6.98. The maximum absolute atomic E-state index is 12.7. The fourth-order valence-corrected chi connectivity index (χ4v) is 4.52. The van der Waals surface area contributed by atoms with E-state index in [0.29, 0.717) is 13.1 Å². The van der Waals surface area contributed by atoms with E-state index in [9.17, 15) is 9.59 Å². The highest BCUT2D eigenvalue weighted by Gasteiger charge is 2.39. The number of hydrogen-bond acceptors (Lipinski definition) is 4. The van der Waals surface area contributed by atoms with Crippen LogP contribution in [0.2, 0.25) is 0 Å². The highest BCUT2D eigenvalue weighted by molar-refractivity contribution is 8.01. The topological polar surface area (TPSA) is 49.9 Å². The van der Waals surface area contributed by atoms with Crippen LogP contribution < -0.4 is 4.74 Å². The summed E-state index contributed by atoms with van der Waals surface area (Å²) < 4.78 is 5.49. The van der Waals surface area contributed by atoms with Gasteiger partial charge in [0.05, 0.1) is 12.4 Å². The van der Waals surface area contributed by atoms with Crippen molar-refractivity contribution in [3.8, 4) is 5.75 Å². The van der Waals surface area contributed by atoms with Gasteiger partial charge in [0, 0.05) is 30.6 Å². The molecule has 0 aromatic heterocycles. The average molecular weight is 379 g/mol. The predicted molar refractivity (Wildman–Crippen MR) is 106 cm³/mol. The molecule has 0 N–H and O–H groups in total. The summed E-state index contributed by atoms with van der Waals surface area (Å²) in [6, 6.07) is 7.93. The van der Waals surface area contributed by atoms with Crippen molar-refractivity contribution in [2.75, 3.05) is 20.2 Å². The molecule has 1 saturated heterocycles. The number of benzene rings is 1. The number of thioether (sulfide) groups is 1. The van der Waals surface area contributed by atoms with Crippen LogP contribution >= 0.6 is 11.8 Å². The second kappa shape index (κ2) is 8.80. The molecular weight excluding hydrogens is 348 g/mol. The van der Waals surface area contributed by atoms with Gasteiger partial charge in [-0.2, -0.15) is 0 Å². The molecule has 1 aromatic carbocycles. The average Bonchev–Trinajstić information content (AvgIpc) is 2.89. The van der Waals surface area contributed by atoms with Crippen LogP contribution in [0.3, 0.4) is 0 Å². The van der Waals surface area contributed by atoms with Crippen molar-refractivity contribution in [1.29, 1.82) is 0 Å². The van der Waals surface area contributed by atoms with Crippen LogP contribution in [-0.4, -0.2) is 53.1 Å². The van der Waals surface area contributed by atoms with Gasteiger partial charge in [-0.1, -0.05) is 32.0 Å². The van der Waals surface area contributed by atoms with Gasteiger partial charge in [0.15, 0.2) is 0 Å². The number of methoxy groups -OCH3 is 1. The second-order valence-corrected chi connectivity index (χ2v) is 8.61. The first-order chi connectivity index (χ1) is 12.3. The lowest BCUT2D eigenvalue weighted by molar-refractivity contribution is -0.138. The van der Waals surface area contributed by atoms with E-state index < -0.39 is 0 Å². The molecule has 1 aliphatic rings. The first kappa shape index (κ1) is 20.6. The third kappa shape index (κ3) is 4.34. The largest absolute Gasteiger partial charge is 0.496 e. The van der Waals surface area contributed by atoms with Crippen LogP contribution in [0.4, 0.5) is 0 Å². The third-order valence-electron chi connectivity index (χ3n) is 4.63. The summed E-state index contributed by atoms with van der Waals surface area (Å²) in [5.41, 5.74) is 1.00. The van der Waals surface area contributed by atoms with E-state index in [4.69, 9.17) is 4.74 Å². The number of carbonyl (C=O) groups excluding carboxylic acids is 2. The van der Waals surface area contributed by atoms with Crippen molar-refractivity contribution in [1.82, 2.24) is 9.80 Å². The lowest BCUT2D eigenvalue weighted by Crippen LogP contribution is -2.45. The van der Waals surface area contributed by atoms with E-state index >= 15 is 0 Å². The standard InChI is InChI=1S/C20H30N2O3S/c1-13(2)18(23)21(14(3)4)11-12-22-19(24)15(5)26-20(22)16-9-7-8-10-17(16)25-6/h7-10,13-15,20H,11-12H2,1-6H3/t15-,20+/m1/s1. The monoisotopic (exact) mass is 378 g/mol. The van der Waals surface area contributed by atoms with Crippen LogP contribution in [0, 0.1) is 5.92 Å². The summed E-state index contributed by atoms with van der Waals surface area (Å²) in [6.07, 6.45) is 0. The van der Waals surface area contributed by atoms with Crippen molar-refractivity contribution in [2.45, 2.75) is 51.3 Å². The summed E-state index contributed by atoms with van der Waals surface area (Å²) in [5, 5.41) is -0.185. The number of nitrogens with zero attached hydrogens (tertiary/aromatic N) is 2. The molecule has 5 nitrogen and oxygen atoms in total. The Morgan fingerprint density at radius 3 is 2.50 bits per heavy atom. The molecule has 144 valence electrons. The van der Waals surface area contributed by atoms with Crippen molar-refractivity contribution in [3.05, 3.63) is 29.8 Å². The Morgan fingerprint density at radius 2 is 1.92 bits per heavy atom. The van der Waals surface area contributed by atoms with Crippen molar-refractivity contribution in [2.24, 2.45) is 5.92 Å². The molecule has 6 heteroatoms. The third-order valence-corrected chi connectivity index (χ3v) is 6.01. The Balaban J connectivity index is 2.21. The van der Waals surface area contributed by atoms with E-state index in [0.717, 1.165) is 11.3 Å². The first-order valence-electron chi connectivity index (χ1n) is 9.17. The molecule has 0 spiro atoms. The molecule has 2 atom stereocenters. The fourth-order valence-electron chi connectivity index (χ4n) is 3.18. The molecule has 0 aliphatic carbocycles. The molecule has 2 amide bonds. The van der Waals surface area contributed by atoms with Gasteiger partial charge in [0.25, 0.3) is 0 Å². The molecule has 0 radical (unpaired) electrons. The minimum Gasteiger partial charge on any atom is -0.496 e. The molecule has 26 heavy (non-hydrogen) atoms. The number of carbonyl (C=O) groups is 2. The van der Waals surface area contributed by atoms with Crippen molar-refractivity contribution < 1.29 is 14.3 Å². The molecule has 1 heterocycles. The maximum atomic E-state index is 12.7. The van der Waals surface area contributed by atoms with E-state index in [2.05, 4.69) is 0 Å². The van der Waals surface area contributed by atoms with Gasteiger partial charge in [-0.05, 0) is 26.8 Å². The highest BCUT2D eigenvalue weighted by atomic mass is 32.2. The molecule has 0 saturated carbocycles. The number of ether oxygens (including phenoxy) is 1. The molecule has 2 rings (SSSR count). The lowest BCUT2D eigenvalue weighted by Gasteiger charge is -2.32. The van der Waals surface area contributed by atoms with Crippen LogP contribution in [0.1, 0.15) is 45.6 Å². The molecule has 0 unspecified atom stereocenters. The summed E-state index contributed by atoms with van der Waals surface area (Å²) in [6.45, 7) is 10.9. The zero-order valence-electron chi connectivity index (χ0n) is 16.6. The summed E-state index contributed by atoms with van der Waals surface area (Å²) in [4.78, 5) is 29.0. The van der Waals surface area contributed by atoms with E-state index in [1.165, 1.54) is 0 Å². The quantitative estimate of drug-likeness (QED) is 0.728. The minimum atomic E-state index is -0.0989. The molecule has 0 bridgehead atoms. The van der Waals surface area contributed by atoms with Crippen molar-refractivity contribution >= 4 is 23.6 Å². The normalized spacial score (nSPS) is 20.2. The number of amides is 2. The summed E-state index contributed by atoms with van der Waals surface area (Å²) in [7, 11) is 1.65. The Morgan fingerprint density at radius 1 is 1.27 bits per heavy atom. The minimum absolute atomic E-state index is 0.0509. The number of rotatable bonds is 7. The predicted octanol–water partition coefficient (Wildman–Crippen LogP) is 3.55. The van der Waals surface area contributed by atoms with Gasteiger partial charge in [0.1, 0.15) is 11.1 Å². The number of para-hydroxylation sites is 1. The van der Waals surface area contributed by atoms with Crippen LogP contribution in [-0.2, 0) is 9.59 Å². The van der Waals surface area contributed by atoms with E-state index in [1.807, 2.05) is 68.7 Å². The molecular formula is C20H30N2O3S. The zero-order chi connectivity index (χ0) is 19.4. The lowest BCUT2D eigenvalue weighted by atomic mass is 10.1. The van der Waals surface area contributed by atoms with Crippen LogP contribution in [0.15, 0.2) is 24.3 Å². The Hall–Kier alpha value is -1.69. The van der Waals surface area contributed by atoms with E-state index in [-0.39, 0.29) is 34.4 Å². The van der Waals surface area contributed by atoms with Gasteiger partial charge >= 0.3 is 0 Å². The zero-order valence-corrected chi connectivity index (χ0v) is 17.4. The van der Waals surface area contributed by atoms with Gasteiger partial charge in [0.2, 0.25) is 11.8 Å². The maximum Gasteiger partial charge on any atom is 0.236 e. The van der Waals surface area contributed by atoms with Crippen LogP contribution in [0.5, 0.6) is 5.75 Å². The fraction of sp³-hybridized carbons (Fsp3) is 0.600.